The summed E-state index contributed by atoms with van der Waals surface area (Å²) in [6.07, 6.45) is 4.93. The van der Waals surface area contributed by atoms with Gasteiger partial charge in [0.15, 0.2) is 23.1 Å². The van der Waals surface area contributed by atoms with Crippen molar-refractivity contribution in [3.8, 4) is 27.6 Å². The lowest BCUT2D eigenvalue weighted by molar-refractivity contribution is -0.144. The lowest BCUT2D eigenvalue weighted by atomic mass is 9.85. The number of unbranched alkanes of at least 4 members (excludes halogenated alkanes) is 2. The largest absolute Gasteiger partial charge is 0.494 e. The molecule has 23 heteroatoms. The maximum atomic E-state index is 14.1. The molecule has 0 radical (unpaired) electrons. The van der Waals surface area contributed by atoms with Crippen LogP contribution in [0.15, 0.2) is 78.7 Å². The molecule has 2 aliphatic heterocycles. The third kappa shape index (κ3) is 13.7. The maximum absolute atomic E-state index is 14.1. The molecular formula is C54H67N15O7S. The predicted molar refractivity (Wildman–Crippen MR) is 293 cm³/mol. The molecule has 5 amide bonds. The van der Waals surface area contributed by atoms with Crippen molar-refractivity contribution in [1.29, 1.82) is 0 Å². The minimum atomic E-state index is -0.922. The third-order valence-electron chi connectivity index (χ3n) is 13.6. The number of ether oxygens (including phenoxy) is 1. The van der Waals surface area contributed by atoms with Gasteiger partial charge in [-0.1, -0.05) is 57.5 Å². The lowest BCUT2D eigenvalue weighted by Gasteiger charge is -2.36. The van der Waals surface area contributed by atoms with Gasteiger partial charge in [0.05, 0.1) is 58.1 Å². The fourth-order valence-corrected chi connectivity index (χ4v) is 10.2. The molecule has 406 valence electrons. The molecule has 6 N–H and O–H groups in total. The number of anilines is 5. The normalized spacial score (nSPS) is 15.9. The van der Waals surface area contributed by atoms with E-state index in [1.165, 1.54) is 11.9 Å². The number of para-hydroxylation sites is 1. The second kappa shape index (κ2) is 24.7. The lowest BCUT2D eigenvalue weighted by Crippen LogP contribution is -2.57. The fraction of sp³-hybridized carbons (Fsp3) is 0.426. The Morgan fingerprint density at radius 3 is 2.31 bits per heavy atom. The van der Waals surface area contributed by atoms with Gasteiger partial charge in [0, 0.05) is 78.7 Å². The number of piperazine rings is 1. The van der Waals surface area contributed by atoms with E-state index >= 15 is 0 Å². The van der Waals surface area contributed by atoms with E-state index in [1.807, 2.05) is 92.7 Å². The van der Waals surface area contributed by atoms with Crippen LogP contribution >= 0.6 is 11.3 Å². The van der Waals surface area contributed by atoms with Crippen LogP contribution in [0.1, 0.15) is 81.0 Å². The number of hydrogen-bond acceptors (Lipinski definition) is 17. The highest BCUT2D eigenvalue weighted by Crippen LogP contribution is 2.37. The Morgan fingerprint density at radius 1 is 0.883 bits per heavy atom. The van der Waals surface area contributed by atoms with Crippen LogP contribution < -0.4 is 36.2 Å². The van der Waals surface area contributed by atoms with E-state index in [-0.39, 0.29) is 49.3 Å². The Hall–Kier alpha value is -8.05. The van der Waals surface area contributed by atoms with Crippen molar-refractivity contribution < 1.29 is 33.8 Å². The molecule has 6 aromatic rings. The van der Waals surface area contributed by atoms with E-state index in [1.54, 1.807) is 48.8 Å². The monoisotopic (exact) mass is 1070 g/mol. The van der Waals surface area contributed by atoms with E-state index < -0.39 is 35.4 Å². The van der Waals surface area contributed by atoms with Gasteiger partial charge in [-0.3, -0.25) is 28.7 Å². The molecule has 2 fully saturated rings. The van der Waals surface area contributed by atoms with Crippen LogP contribution in [-0.2, 0) is 32.8 Å². The van der Waals surface area contributed by atoms with E-state index in [2.05, 4.69) is 61.7 Å². The number of thiazole rings is 1. The molecule has 3 atom stereocenters. The van der Waals surface area contributed by atoms with Crippen LogP contribution in [0.3, 0.4) is 0 Å². The third-order valence-corrected chi connectivity index (χ3v) is 14.6. The maximum Gasteiger partial charge on any atom is 0.273 e. The van der Waals surface area contributed by atoms with Gasteiger partial charge in [-0.25, -0.2) is 15.0 Å². The van der Waals surface area contributed by atoms with Crippen molar-refractivity contribution in [2.45, 2.75) is 91.0 Å². The zero-order chi connectivity index (χ0) is 54.8. The number of aliphatic hydroxyl groups excluding tert-OH is 1. The number of nitrogens with one attached hydrogen (secondary N) is 5. The van der Waals surface area contributed by atoms with Crippen LogP contribution in [0.25, 0.3) is 21.8 Å². The highest BCUT2D eigenvalue weighted by atomic mass is 32.1. The highest BCUT2D eigenvalue weighted by molar-refractivity contribution is 7.13. The molecule has 77 heavy (non-hydrogen) atoms. The number of hydrogen-bond donors (Lipinski definition) is 6. The first-order valence-corrected chi connectivity index (χ1v) is 26.6. The Labute approximate surface area is 451 Å². The van der Waals surface area contributed by atoms with Crippen LogP contribution in [0.2, 0.25) is 0 Å². The van der Waals surface area contributed by atoms with E-state index in [4.69, 9.17) is 4.74 Å². The number of carbonyl (C=O) groups is 5. The summed E-state index contributed by atoms with van der Waals surface area (Å²) >= 11 is 1.57. The van der Waals surface area contributed by atoms with Crippen molar-refractivity contribution in [1.82, 2.24) is 60.7 Å². The molecule has 0 spiro atoms. The number of aliphatic hydroxyl groups is 1. The van der Waals surface area contributed by atoms with E-state index in [0.717, 1.165) is 27.4 Å². The standard InChI is InChI=1S/C54H67N15O7S/c1-33-48(77-32-59-33)35-18-16-34(17-19-35)28-57-51(73)41-26-37(70)30-69(41)53(75)49(54(2,3)4)62-44(71)14-9-8-10-15-45(72)68-24-22-67(23-25-68)36-20-21-42(56-29-36)61-43-27-40(46(64-63-43)52(74)55-5)60-39-13-11-12-38(47(39)76-7)50-58-31-66(6)65-50/h11-13,16-21,27,29,31-32,37,41,49,70H,8-10,14-15,22-26,28,30H2,1-7H3,(H,55,74)(H,57,73)(H,62,71)(H2,56,60,61,63)/t37-,41+,49?/m1/s1. The Kier molecular flexibility index (Phi) is 17.7. The summed E-state index contributed by atoms with van der Waals surface area (Å²) in [5.41, 5.74) is 6.59. The summed E-state index contributed by atoms with van der Waals surface area (Å²) in [7, 11) is 4.84. The van der Waals surface area contributed by atoms with Crippen molar-refractivity contribution >= 4 is 69.6 Å². The smallest absolute Gasteiger partial charge is 0.273 e. The highest BCUT2D eigenvalue weighted by Gasteiger charge is 2.44. The number of aryl methyl sites for hydroxylation is 2. The van der Waals surface area contributed by atoms with Crippen LogP contribution in [0, 0.1) is 12.3 Å². The molecule has 6 heterocycles. The Balaban J connectivity index is 0.764. The molecule has 0 aliphatic carbocycles. The van der Waals surface area contributed by atoms with Crippen LogP contribution in [0.4, 0.5) is 28.7 Å². The first-order chi connectivity index (χ1) is 37.0. The van der Waals surface area contributed by atoms with Gasteiger partial charge in [0.25, 0.3) is 5.91 Å². The summed E-state index contributed by atoms with van der Waals surface area (Å²) in [6.45, 7) is 10.1. The second-order valence-electron chi connectivity index (χ2n) is 20.2. The number of amides is 5. The van der Waals surface area contributed by atoms with Crippen molar-refractivity contribution in [3.63, 3.8) is 0 Å². The topological polar surface area (TPSA) is 267 Å². The Morgan fingerprint density at radius 2 is 1.65 bits per heavy atom. The molecule has 4 aromatic heterocycles. The van der Waals surface area contributed by atoms with Gasteiger partial charge < -0.3 is 51.1 Å². The number of carbonyl (C=O) groups excluding carboxylic acids is 5. The first kappa shape index (κ1) is 55.2. The van der Waals surface area contributed by atoms with Gasteiger partial charge in [-0.2, -0.15) is 5.10 Å². The number of methoxy groups -OCH3 is 1. The first-order valence-electron chi connectivity index (χ1n) is 25.7. The van der Waals surface area contributed by atoms with E-state index in [9.17, 15) is 29.1 Å². The number of pyridine rings is 1. The summed E-state index contributed by atoms with van der Waals surface area (Å²) in [5, 5.41) is 38.4. The van der Waals surface area contributed by atoms with Crippen LogP contribution in [-0.4, -0.2) is 144 Å². The number of benzene rings is 2. The number of aromatic nitrogens is 7. The molecule has 2 saturated heterocycles. The molecule has 0 saturated carbocycles. The SMILES string of the molecule is CNC(=O)c1nnc(Nc2ccc(N3CCN(C(=O)CCCCCC(=O)NC(C(=O)N4C[C@H](O)C[C@H]4C(=O)NCc4ccc(-c5scnc5C)cc4)C(C)(C)C)CC3)cn2)cc1Nc1cccc(-c2ncn(C)n2)c1OC. The van der Waals surface area contributed by atoms with Gasteiger partial charge in [0.2, 0.25) is 23.6 Å². The minimum Gasteiger partial charge on any atom is -0.494 e. The van der Waals surface area contributed by atoms with Crippen LogP contribution in [0.5, 0.6) is 5.75 Å². The number of likely N-dealkylation sites (tertiary alicyclic amines) is 1. The van der Waals surface area contributed by atoms with E-state index in [0.29, 0.717) is 92.0 Å². The quantitative estimate of drug-likeness (QED) is 0.0526. The molecular weight excluding hydrogens is 1000 g/mol. The Bertz CT molecular complexity index is 3040. The minimum absolute atomic E-state index is 0.00830. The predicted octanol–water partition coefficient (Wildman–Crippen LogP) is 5.36. The van der Waals surface area contributed by atoms with Crippen molar-refractivity contribution in [2.75, 3.05) is 62.4 Å². The molecule has 2 aliphatic rings. The van der Waals surface area contributed by atoms with Gasteiger partial charge in [0.1, 0.15) is 24.2 Å². The molecule has 1 unspecified atom stereocenters. The average molecular weight is 1070 g/mol. The van der Waals surface area contributed by atoms with Gasteiger partial charge in [-0.15, -0.1) is 21.5 Å². The molecule has 2 aromatic carbocycles. The number of β-amino-alcohol motifs (C(OH)–C–C–N with tert-alkyl or cyclic N) is 1. The van der Waals surface area contributed by atoms with Crippen molar-refractivity contribution in [3.05, 3.63) is 95.6 Å². The van der Waals surface area contributed by atoms with Crippen molar-refractivity contribution in [2.24, 2.45) is 12.5 Å². The molecule has 22 nitrogen and oxygen atoms in total. The summed E-state index contributed by atoms with van der Waals surface area (Å²) in [6, 6.07) is 17.0. The average Bonchev–Trinajstić information content (AvgIpc) is 4.19. The summed E-state index contributed by atoms with van der Waals surface area (Å²) < 4.78 is 7.36. The molecule has 8 rings (SSSR count). The van der Waals surface area contributed by atoms with Gasteiger partial charge in [-0.05, 0) is 60.6 Å². The zero-order valence-electron chi connectivity index (χ0n) is 44.5. The second-order valence-corrected chi connectivity index (χ2v) is 21.1. The van der Waals surface area contributed by atoms with Gasteiger partial charge >= 0.3 is 0 Å². The number of nitrogens with zero attached hydrogens (tertiary/aromatic N) is 10. The summed E-state index contributed by atoms with van der Waals surface area (Å²) in [4.78, 5) is 86.9. The summed E-state index contributed by atoms with van der Waals surface area (Å²) in [5.74, 6) is 0.362. The number of rotatable bonds is 20. The molecule has 0 bridgehead atoms. The zero-order valence-corrected chi connectivity index (χ0v) is 45.3. The fourth-order valence-electron chi connectivity index (χ4n) is 9.38.